The van der Waals surface area contributed by atoms with Gasteiger partial charge in [0.15, 0.2) is 6.61 Å². The summed E-state index contributed by atoms with van der Waals surface area (Å²) in [6.07, 6.45) is 0. The molecule has 0 unspecified atom stereocenters. The van der Waals surface area contributed by atoms with E-state index in [1.54, 1.807) is 37.3 Å². The van der Waals surface area contributed by atoms with Gasteiger partial charge in [0.1, 0.15) is 11.8 Å². The molecule has 2 aromatic rings. The maximum atomic E-state index is 13.0. The van der Waals surface area contributed by atoms with Crippen LogP contribution >= 0.6 is 39.1 Å². The van der Waals surface area contributed by atoms with E-state index in [0.717, 1.165) is 5.56 Å². The highest BCUT2D eigenvalue weighted by Crippen LogP contribution is 2.28. The number of carbonyl (C=O) groups is 2. The van der Waals surface area contributed by atoms with Crippen LogP contribution in [-0.2, 0) is 16.1 Å². The molecule has 8 heteroatoms. The average Bonchev–Trinajstić information content (AvgIpc) is 2.63. The first kappa shape index (κ1) is 24.5. The Bertz CT molecular complexity index is 915. The first-order valence-corrected chi connectivity index (χ1v) is 10.9. The highest BCUT2D eigenvalue weighted by Gasteiger charge is 2.28. The molecule has 0 saturated carbocycles. The number of benzene rings is 2. The minimum absolute atomic E-state index is 0.225. The zero-order valence-electron chi connectivity index (χ0n) is 17.3. The quantitative estimate of drug-likeness (QED) is 0.532. The van der Waals surface area contributed by atoms with Gasteiger partial charge in [0.05, 0.1) is 4.47 Å². The molecule has 162 valence electrons. The molecular formula is C22H25BrCl2N2O3. The van der Waals surface area contributed by atoms with E-state index < -0.39 is 11.6 Å². The molecule has 0 aliphatic rings. The summed E-state index contributed by atoms with van der Waals surface area (Å²) in [4.78, 5) is 27.3. The average molecular weight is 516 g/mol. The van der Waals surface area contributed by atoms with E-state index in [1.807, 2.05) is 32.9 Å². The first-order chi connectivity index (χ1) is 14.0. The van der Waals surface area contributed by atoms with Crippen molar-refractivity contribution in [1.82, 2.24) is 10.2 Å². The Hall–Kier alpha value is -1.76. The molecule has 0 spiro atoms. The first-order valence-electron chi connectivity index (χ1n) is 9.40. The second-order valence-electron chi connectivity index (χ2n) is 7.93. The van der Waals surface area contributed by atoms with Gasteiger partial charge in [-0.2, -0.15) is 0 Å². The van der Waals surface area contributed by atoms with Crippen LogP contribution in [0.15, 0.2) is 46.9 Å². The van der Waals surface area contributed by atoms with Gasteiger partial charge in [-0.05, 0) is 79.5 Å². The van der Waals surface area contributed by atoms with Crippen molar-refractivity contribution in [3.8, 4) is 5.75 Å². The van der Waals surface area contributed by atoms with Crippen molar-refractivity contribution >= 4 is 50.9 Å². The Balaban J connectivity index is 2.20. The van der Waals surface area contributed by atoms with Crippen molar-refractivity contribution < 1.29 is 14.3 Å². The number of hydrogen-bond donors (Lipinski definition) is 1. The summed E-state index contributed by atoms with van der Waals surface area (Å²) < 4.78 is 6.31. The molecule has 2 amide bonds. The fourth-order valence-electron chi connectivity index (χ4n) is 2.70. The van der Waals surface area contributed by atoms with Crippen LogP contribution in [0.5, 0.6) is 5.75 Å². The lowest BCUT2D eigenvalue weighted by Crippen LogP contribution is -2.53. The van der Waals surface area contributed by atoms with Crippen LogP contribution in [0, 0.1) is 0 Å². The lowest BCUT2D eigenvalue weighted by Gasteiger charge is -2.31. The summed E-state index contributed by atoms with van der Waals surface area (Å²) in [5.41, 5.74) is 0.403. The fraction of sp³-hybridized carbons (Fsp3) is 0.364. The molecule has 0 fully saturated rings. The van der Waals surface area contributed by atoms with Gasteiger partial charge in [-0.15, -0.1) is 0 Å². The normalized spacial score (nSPS) is 12.2. The third-order valence-corrected chi connectivity index (χ3v) is 5.24. The van der Waals surface area contributed by atoms with Crippen molar-refractivity contribution in [3.05, 3.63) is 62.5 Å². The molecule has 2 rings (SSSR count). The van der Waals surface area contributed by atoms with Gasteiger partial charge < -0.3 is 15.0 Å². The van der Waals surface area contributed by atoms with Crippen LogP contribution < -0.4 is 10.1 Å². The molecule has 5 nitrogen and oxygen atoms in total. The lowest BCUT2D eigenvalue weighted by molar-refractivity contribution is -0.142. The number of nitrogens with one attached hydrogen (secondary N) is 1. The Kier molecular flexibility index (Phi) is 8.59. The van der Waals surface area contributed by atoms with Gasteiger partial charge in [0.2, 0.25) is 5.91 Å². The molecule has 2 aromatic carbocycles. The summed E-state index contributed by atoms with van der Waals surface area (Å²) in [7, 11) is 0. The van der Waals surface area contributed by atoms with E-state index in [-0.39, 0.29) is 25.0 Å². The minimum atomic E-state index is -0.701. The molecule has 0 radical (unpaired) electrons. The molecule has 1 atom stereocenters. The van der Waals surface area contributed by atoms with Crippen LogP contribution in [0.2, 0.25) is 10.0 Å². The number of rotatable bonds is 7. The summed E-state index contributed by atoms with van der Waals surface area (Å²) >= 11 is 15.4. The maximum Gasteiger partial charge on any atom is 0.261 e. The van der Waals surface area contributed by atoms with E-state index in [1.165, 1.54) is 4.90 Å². The number of ether oxygens (including phenoxy) is 1. The number of nitrogens with zero attached hydrogens (tertiary/aromatic N) is 1. The number of halogens is 3. The van der Waals surface area contributed by atoms with Gasteiger partial charge >= 0.3 is 0 Å². The third kappa shape index (κ3) is 7.49. The molecule has 0 aliphatic heterocycles. The van der Waals surface area contributed by atoms with Crippen LogP contribution in [0.3, 0.4) is 0 Å². The summed E-state index contributed by atoms with van der Waals surface area (Å²) in [5, 5.41) is 4.03. The second-order valence-corrected chi connectivity index (χ2v) is 9.66. The Morgan fingerprint density at radius 2 is 1.80 bits per heavy atom. The smallest absolute Gasteiger partial charge is 0.261 e. The minimum Gasteiger partial charge on any atom is -0.483 e. The number of hydrogen-bond acceptors (Lipinski definition) is 3. The van der Waals surface area contributed by atoms with Gasteiger partial charge in [-0.25, -0.2) is 0 Å². The Morgan fingerprint density at radius 3 is 2.40 bits per heavy atom. The van der Waals surface area contributed by atoms with Gasteiger partial charge in [-0.3, -0.25) is 9.59 Å². The number of carbonyl (C=O) groups excluding carboxylic acids is 2. The van der Waals surface area contributed by atoms with Crippen molar-refractivity contribution in [2.45, 2.75) is 45.8 Å². The van der Waals surface area contributed by atoms with Crippen LogP contribution in [0.1, 0.15) is 33.3 Å². The van der Waals surface area contributed by atoms with Gasteiger partial charge in [0.25, 0.3) is 5.91 Å². The van der Waals surface area contributed by atoms with Crippen molar-refractivity contribution in [1.29, 1.82) is 0 Å². The van der Waals surface area contributed by atoms with E-state index in [2.05, 4.69) is 21.2 Å². The van der Waals surface area contributed by atoms with Crippen molar-refractivity contribution in [2.75, 3.05) is 6.61 Å². The third-order valence-electron chi connectivity index (χ3n) is 4.15. The summed E-state index contributed by atoms with van der Waals surface area (Å²) in [6, 6.07) is 11.5. The predicted octanol–water partition coefficient (Wildman–Crippen LogP) is 5.47. The van der Waals surface area contributed by atoms with E-state index >= 15 is 0 Å². The topological polar surface area (TPSA) is 58.6 Å². The maximum absolute atomic E-state index is 13.0. The van der Waals surface area contributed by atoms with Crippen molar-refractivity contribution in [3.63, 3.8) is 0 Å². The molecule has 0 saturated heterocycles. The van der Waals surface area contributed by atoms with E-state index in [4.69, 9.17) is 27.9 Å². The SMILES string of the molecule is C[C@@H](C(=O)NC(C)(C)C)N(Cc1cccc(Cl)c1)C(=O)COc1ccc(Cl)cc1Br. The second kappa shape index (κ2) is 10.5. The largest absolute Gasteiger partial charge is 0.483 e. The van der Waals surface area contributed by atoms with Crippen LogP contribution in [0.25, 0.3) is 0 Å². The molecule has 0 aliphatic carbocycles. The lowest BCUT2D eigenvalue weighted by atomic mass is 10.1. The van der Waals surface area contributed by atoms with Gasteiger partial charge in [0, 0.05) is 22.1 Å². The molecule has 0 heterocycles. The molecule has 0 aromatic heterocycles. The summed E-state index contributed by atoms with van der Waals surface area (Å²) in [5.74, 6) is -0.0822. The zero-order valence-corrected chi connectivity index (χ0v) is 20.4. The predicted molar refractivity (Wildman–Crippen MR) is 124 cm³/mol. The standard InChI is InChI=1S/C22H25BrCl2N2O3/c1-14(21(29)26-22(2,3)4)27(12-15-6-5-7-16(24)10-15)20(28)13-30-19-9-8-17(25)11-18(19)23/h5-11,14H,12-13H2,1-4H3,(H,26,29)/t14-/m0/s1. The summed E-state index contributed by atoms with van der Waals surface area (Å²) in [6.45, 7) is 7.37. The molecule has 30 heavy (non-hydrogen) atoms. The van der Waals surface area contributed by atoms with Gasteiger partial charge in [-0.1, -0.05) is 35.3 Å². The van der Waals surface area contributed by atoms with E-state index in [0.29, 0.717) is 20.3 Å². The highest BCUT2D eigenvalue weighted by atomic mass is 79.9. The Morgan fingerprint density at radius 1 is 1.13 bits per heavy atom. The molecule has 0 bridgehead atoms. The molecular weight excluding hydrogens is 491 g/mol. The Labute approximate surface area is 195 Å². The molecule has 1 N–H and O–H groups in total. The monoisotopic (exact) mass is 514 g/mol. The highest BCUT2D eigenvalue weighted by molar-refractivity contribution is 9.10. The van der Waals surface area contributed by atoms with Crippen LogP contribution in [-0.4, -0.2) is 34.9 Å². The van der Waals surface area contributed by atoms with Crippen molar-refractivity contribution in [2.24, 2.45) is 0 Å². The van der Waals surface area contributed by atoms with Crippen LogP contribution in [0.4, 0.5) is 0 Å². The van der Waals surface area contributed by atoms with E-state index in [9.17, 15) is 9.59 Å². The fourth-order valence-corrected chi connectivity index (χ4v) is 3.71. The number of amides is 2. The zero-order chi connectivity index (χ0) is 22.5.